The summed E-state index contributed by atoms with van der Waals surface area (Å²) in [5, 5.41) is 4.56. The van der Waals surface area contributed by atoms with Crippen LogP contribution in [-0.2, 0) is 6.42 Å². The molecule has 1 aromatic carbocycles. The van der Waals surface area contributed by atoms with E-state index in [1.54, 1.807) is 0 Å². The first kappa shape index (κ1) is 16.4. The second-order valence-electron chi connectivity index (χ2n) is 5.68. The van der Waals surface area contributed by atoms with Gasteiger partial charge in [-0.15, -0.1) is 0 Å². The standard InChI is InChI=1S/C17H26BrNS/c1-2-19-16(12-14-7-6-8-15(18)11-14)13-20-17-9-4-3-5-10-17/h6-8,11,16-17,19H,2-5,9-10,12-13H2,1H3. The van der Waals surface area contributed by atoms with E-state index >= 15 is 0 Å². The number of likely N-dealkylation sites (N-methyl/N-ethyl adjacent to an activating group) is 1. The molecule has 0 saturated heterocycles. The highest BCUT2D eigenvalue weighted by Gasteiger charge is 2.16. The molecular formula is C17H26BrNS. The van der Waals surface area contributed by atoms with E-state index in [1.165, 1.54) is 47.9 Å². The van der Waals surface area contributed by atoms with E-state index in [4.69, 9.17) is 0 Å². The molecule has 0 radical (unpaired) electrons. The van der Waals surface area contributed by atoms with Crippen LogP contribution in [0.2, 0.25) is 0 Å². The quantitative estimate of drug-likeness (QED) is 0.735. The Morgan fingerprint density at radius 1 is 1.30 bits per heavy atom. The summed E-state index contributed by atoms with van der Waals surface area (Å²) in [6.07, 6.45) is 8.32. The average Bonchev–Trinajstić information content (AvgIpc) is 2.46. The molecule has 0 heterocycles. The van der Waals surface area contributed by atoms with Crippen molar-refractivity contribution in [3.63, 3.8) is 0 Å². The van der Waals surface area contributed by atoms with E-state index in [1.807, 2.05) is 0 Å². The first-order valence-corrected chi connectivity index (χ1v) is 9.71. The van der Waals surface area contributed by atoms with Gasteiger partial charge < -0.3 is 5.32 Å². The zero-order chi connectivity index (χ0) is 14.2. The molecule has 1 aromatic rings. The van der Waals surface area contributed by atoms with Crippen LogP contribution >= 0.6 is 27.7 Å². The fourth-order valence-corrected chi connectivity index (χ4v) is 4.76. The molecule has 1 aliphatic rings. The first-order valence-electron chi connectivity index (χ1n) is 7.87. The van der Waals surface area contributed by atoms with Crippen molar-refractivity contribution in [2.45, 2.75) is 56.7 Å². The normalized spacial score (nSPS) is 18.1. The third kappa shape index (κ3) is 5.79. The highest BCUT2D eigenvalue weighted by Crippen LogP contribution is 2.29. The fourth-order valence-electron chi connectivity index (χ4n) is 2.91. The molecular weight excluding hydrogens is 330 g/mol. The van der Waals surface area contributed by atoms with Gasteiger partial charge in [-0.05, 0) is 43.5 Å². The molecule has 112 valence electrons. The number of halogens is 1. The van der Waals surface area contributed by atoms with Gasteiger partial charge in [0, 0.05) is 21.5 Å². The molecule has 20 heavy (non-hydrogen) atoms. The lowest BCUT2D eigenvalue weighted by atomic mass is 10.0. The second kappa shape index (κ2) is 9.11. The maximum Gasteiger partial charge on any atom is 0.0198 e. The highest BCUT2D eigenvalue weighted by molar-refractivity contribution is 9.10. The summed E-state index contributed by atoms with van der Waals surface area (Å²) >= 11 is 5.76. The van der Waals surface area contributed by atoms with Crippen molar-refractivity contribution >= 4 is 27.7 Å². The number of rotatable bonds is 7. The number of benzene rings is 1. The van der Waals surface area contributed by atoms with Crippen molar-refractivity contribution in [3.05, 3.63) is 34.3 Å². The van der Waals surface area contributed by atoms with Crippen LogP contribution in [0.5, 0.6) is 0 Å². The van der Waals surface area contributed by atoms with Crippen LogP contribution < -0.4 is 5.32 Å². The number of thioether (sulfide) groups is 1. The molecule has 0 bridgehead atoms. The van der Waals surface area contributed by atoms with Gasteiger partial charge in [-0.2, -0.15) is 11.8 Å². The zero-order valence-electron chi connectivity index (χ0n) is 12.4. The van der Waals surface area contributed by atoms with Crippen molar-refractivity contribution < 1.29 is 0 Å². The first-order chi connectivity index (χ1) is 9.78. The molecule has 1 unspecified atom stereocenters. The largest absolute Gasteiger partial charge is 0.313 e. The summed E-state index contributed by atoms with van der Waals surface area (Å²) in [4.78, 5) is 0. The minimum Gasteiger partial charge on any atom is -0.313 e. The van der Waals surface area contributed by atoms with Gasteiger partial charge in [0.05, 0.1) is 0 Å². The van der Waals surface area contributed by atoms with Gasteiger partial charge in [0.1, 0.15) is 0 Å². The third-order valence-corrected chi connectivity index (χ3v) is 5.98. The van der Waals surface area contributed by atoms with Crippen molar-refractivity contribution in [2.75, 3.05) is 12.3 Å². The van der Waals surface area contributed by atoms with Gasteiger partial charge in [-0.3, -0.25) is 0 Å². The lowest BCUT2D eigenvalue weighted by Crippen LogP contribution is -2.34. The van der Waals surface area contributed by atoms with Gasteiger partial charge in [-0.25, -0.2) is 0 Å². The molecule has 2 rings (SSSR count). The summed E-state index contributed by atoms with van der Waals surface area (Å²) in [6.45, 7) is 3.27. The second-order valence-corrected chi connectivity index (χ2v) is 7.93. The molecule has 0 aliphatic heterocycles. The van der Waals surface area contributed by atoms with Crippen molar-refractivity contribution in [1.29, 1.82) is 0 Å². The van der Waals surface area contributed by atoms with Crippen LogP contribution in [0.15, 0.2) is 28.7 Å². The van der Waals surface area contributed by atoms with Crippen molar-refractivity contribution in [1.82, 2.24) is 5.32 Å². The molecule has 0 spiro atoms. The van der Waals surface area contributed by atoms with Gasteiger partial charge >= 0.3 is 0 Å². The van der Waals surface area contributed by atoms with Gasteiger partial charge in [0.25, 0.3) is 0 Å². The Kier molecular flexibility index (Phi) is 7.47. The fraction of sp³-hybridized carbons (Fsp3) is 0.647. The van der Waals surface area contributed by atoms with Crippen LogP contribution in [0.4, 0.5) is 0 Å². The summed E-state index contributed by atoms with van der Waals surface area (Å²) in [5.41, 5.74) is 1.43. The van der Waals surface area contributed by atoms with Gasteiger partial charge in [-0.1, -0.05) is 54.2 Å². The molecule has 1 fully saturated rings. The summed E-state index contributed by atoms with van der Waals surface area (Å²) in [7, 11) is 0. The minimum absolute atomic E-state index is 0.598. The Labute approximate surface area is 136 Å². The highest BCUT2D eigenvalue weighted by atomic mass is 79.9. The Bertz CT molecular complexity index is 390. The number of hydrogen-bond acceptors (Lipinski definition) is 2. The van der Waals surface area contributed by atoms with Crippen LogP contribution in [0.25, 0.3) is 0 Å². The van der Waals surface area contributed by atoms with E-state index in [-0.39, 0.29) is 0 Å². The third-order valence-electron chi connectivity index (χ3n) is 3.95. The van der Waals surface area contributed by atoms with Gasteiger partial charge in [0.2, 0.25) is 0 Å². The molecule has 0 aromatic heterocycles. The van der Waals surface area contributed by atoms with Crippen LogP contribution in [0.3, 0.4) is 0 Å². The molecule has 1 atom stereocenters. The zero-order valence-corrected chi connectivity index (χ0v) is 14.8. The van der Waals surface area contributed by atoms with E-state index in [0.717, 1.165) is 18.2 Å². The van der Waals surface area contributed by atoms with Crippen molar-refractivity contribution in [2.24, 2.45) is 0 Å². The summed E-state index contributed by atoms with van der Waals surface area (Å²) < 4.78 is 1.19. The van der Waals surface area contributed by atoms with E-state index in [9.17, 15) is 0 Å². The average molecular weight is 356 g/mol. The predicted molar refractivity (Wildman–Crippen MR) is 94.6 cm³/mol. The van der Waals surface area contributed by atoms with Crippen LogP contribution in [0, 0.1) is 0 Å². The number of nitrogens with one attached hydrogen (secondary N) is 1. The molecule has 1 nitrogen and oxygen atoms in total. The maximum atomic E-state index is 3.65. The SMILES string of the molecule is CCNC(CSC1CCCCC1)Cc1cccc(Br)c1. The molecule has 1 aliphatic carbocycles. The molecule has 1 saturated carbocycles. The Hall–Kier alpha value is 0.01000. The summed E-state index contributed by atoms with van der Waals surface area (Å²) in [5.74, 6) is 1.24. The van der Waals surface area contributed by atoms with Crippen LogP contribution in [-0.4, -0.2) is 23.6 Å². The monoisotopic (exact) mass is 355 g/mol. The van der Waals surface area contributed by atoms with E-state index < -0.39 is 0 Å². The topological polar surface area (TPSA) is 12.0 Å². The van der Waals surface area contributed by atoms with Crippen LogP contribution in [0.1, 0.15) is 44.6 Å². The van der Waals surface area contributed by atoms with Gasteiger partial charge in [0.15, 0.2) is 0 Å². The maximum absolute atomic E-state index is 3.65. The minimum atomic E-state index is 0.598. The summed E-state index contributed by atoms with van der Waals surface area (Å²) in [6, 6.07) is 9.32. The Morgan fingerprint density at radius 3 is 2.80 bits per heavy atom. The molecule has 1 N–H and O–H groups in total. The molecule has 3 heteroatoms. The smallest absolute Gasteiger partial charge is 0.0198 e. The van der Waals surface area contributed by atoms with E-state index in [0.29, 0.717) is 6.04 Å². The lowest BCUT2D eigenvalue weighted by Gasteiger charge is -2.24. The van der Waals surface area contributed by atoms with Crippen molar-refractivity contribution in [3.8, 4) is 0 Å². The predicted octanol–water partition coefficient (Wildman–Crippen LogP) is 5.04. The lowest BCUT2D eigenvalue weighted by molar-refractivity contribution is 0.513. The Morgan fingerprint density at radius 2 is 2.10 bits per heavy atom. The number of hydrogen-bond donors (Lipinski definition) is 1. The van der Waals surface area contributed by atoms with E-state index in [2.05, 4.69) is 64.2 Å². The molecule has 0 amide bonds. The Balaban J connectivity index is 1.82.